The lowest BCUT2D eigenvalue weighted by Gasteiger charge is -2.02. The van der Waals surface area contributed by atoms with Gasteiger partial charge in [0.25, 0.3) is 5.91 Å². The molecule has 0 aliphatic heterocycles. The number of rotatable bonds is 3. The maximum atomic E-state index is 13.3. The number of halogens is 2. The summed E-state index contributed by atoms with van der Waals surface area (Å²) < 4.78 is 15.3. The molecule has 8 heteroatoms. The highest BCUT2D eigenvalue weighted by molar-refractivity contribution is 9.10. The lowest BCUT2D eigenvalue weighted by Crippen LogP contribution is -2.11. The van der Waals surface area contributed by atoms with Crippen LogP contribution in [0.4, 0.5) is 4.39 Å². The highest BCUT2D eigenvalue weighted by Gasteiger charge is 2.09. The minimum Gasteiger partial charge on any atom is -0.364 e. The van der Waals surface area contributed by atoms with Crippen molar-refractivity contribution >= 4 is 21.8 Å². The molecule has 2 rings (SSSR count). The first-order valence-corrected chi connectivity index (χ1v) is 5.35. The average molecular weight is 300 g/mol. The molecule has 0 aliphatic carbocycles. The standard InChI is InChI=1S/C9H7BrFN5O/c10-6-1-5(8(11)13-2-6)3-16-4-7(9(12)17)14-15-16/h1-2,4H,3H2,(H2,12,17). The molecule has 2 aromatic heterocycles. The Kier molecular flexibility index (Phi) is 3.14. The number of aromatic nitrogens is 4. The largest absolute Gasteiger partial charge is 0.364 e. The summed E-state index contributed by atoms with van der Waals surface area (Å²) in [5.74, 6) is -1.27. The van der Waals surface area contributed by atoms with Crippen molar-refractivity contribution < 1.29 is 9.18 Å². The van der Waals surface area contributed by atoms with E-state index in [-0.39, 0.29) is 12.2 Å². The fraction of sp³-hybridized carbons (Fsp3) is 0.111. The first-order chi connectivity index (χ1) is 8.06. The number of primary amides is 1. The van der Waals surface area contributed by atoms with Gasteiger partial charge in [-0.3, -0.25) is 4.79 Å². The molecule has 17 heavy (non-hydrogen) atoms. The molecular formula is C9H7BrFN5O. The summed E-state index contributed by atoms with van der Waals surface area (Å²) in [5.41, 5.74) is 5.39. The summed E-state index contributed by atoms with van der Waals surface area (Å²) in [6.45, 7) is 0.124. The van der Waals surface area contributed by atoms with Gasteiger partial charge < -0.3 is 5.73 Å². The van der Waals surface area contributed by atoms with Gasteiger partial charge in [0.1, 0.15) is 0 Å². The van der Waals surface area contributed by atoms with Crippen LogP contribution >= 0.6 is 15.9 Å². The van der Waals surface area contributed by atoms with Gasteiger partial charge in [-0.25, -0.2) is 9.67 Å². The van der Waals surface area contributed by atoms with Gasteiger partial charge in [-0.05, 0) is 22.0 Å². The molecule has 0 aromatic carbocycles. The highest BCUT2D eigenvalue weighted by Crippen LogP contribution is 2.13. The van der Waals surface area contributed by atoms with Crippen molar-refractivity contribution in [2.24, 2.45) is 5.73 Å². The van der Waals surface area contributed by atoms with Crippen molar-refractivity contribution in [3.05, 3.63) is 40.1 Å². The van der Waals surface area contributed by atoms with Crippen LogP contribution in [0.3, 0.4) is 0 Å². The molecule has 0 unspecified atom stereocenters. The summed E-state index contributed by atoms with van der Waals surface area (Å²) in [6.07, 6.45) is 2.71. The van der Waals surface area contributed by atoms with E-state index in [1.165, 1.54) is 17.1 Å². The van der Waals surface area contributed by atoms with E-state index in [9.17, 15) is 9.18 Å². The Morgan fingerprint density at radius 3 is 3.00 bits per heavy atom. The van der Waals surface area contributed by atoms with Crippen LogP contribution in [0.25, 0.3) is 0 Å². The fourth-order valence-corrected chi connectivity index (χ4v) is 1.62. The van der Waals surface area contributed by atoms with Crippen LogP contribution in [0.1, 0.15) is 16.1 Å². The number of hydrogen-bond donors (Lipinski definition) is 1. The molecule has 2 heterocycles. The molecule has 0 fully saturated rings. The van der Waals surface area contributed by atoms with E-state index in [4.69, 9.17) is 5.73 Å². The third-order valence-electron chi connectivity index (χ3n) is 2.00. The van der Waals surface area contributed by atoms with E-state index < -0.39 is 11.9 Å². The number of nitrogens with two attached hydrogens (primary N) is 1. The van der Waals surface area contributed by atoms with Crippen molar-refractivity contribution in [2.45, 2.75) is 6.54 Å². The molecule has 88 valence electrons. The normalized spacial score (nSPS) is 10.5. The second-order valence-corrected chi connectivity index (χ2v) is 4.18. The predicted molar refractivity (Wildman–Crippen MR) is 59.5 cm³/mol. The lowest BCUT2D eigenvalue weighted by molar-refractivity contribution is 0.0995. The van der Waals surface area contributed by atoms with Gasteiger partial charge in [0.15, 0.2) is 5.69 Å². The third-order valence-corrected chi connectivity index (χ3v) is 2.44. The van der Waals surface area contributed by atoms with Crippen molar-refractivity contribution in [1.29, 1.82) is 0 Å². The van der Waals surface area contributed by atoms with Crippen LogP contribution < -0.4 is 5.73 Å². The Bertz CT molecular complexity index is 570. The molecule has 2 aromatic rings. The topological polar surface area (TPSA) is 86.7 Å². The van der Waals surface area contributed by atoms with Gasteiger partial charge >= 0.3 is 0 Å². The zero-order valence-corrected chi connectivity index (χ0v) is 10.1. The summed E-state index contributed by atoms with van der Waals surface area (Å²) in [7, 11) is 0. The summed E-state index contributed by atoms with van der Waals surface area (Å²) >= 11 is 3.19. The number of carbonyl (C=O) groups is 1. The third kappa shape index (κ3) is 2.64. The van der Waals surface area contributed by atoms with Gasteiger partial charge in [-0.15, -0.1) is 5.10 Å². The zero-order valence-electron chi connectivity index (χ0n) is 8.47. The van der Waals surface area contributed by atoms with Crippen LogP contribution in [-0.4, -0.2) is 25.9 Å². The minimum atomic E-state index is -0.677. The van der Waals surface area contributed by atoms with Crippen LogP contribution in [0.15, 0.2) is 22.9 Å². The molecule has 0 saturated heterocycles. The van der Waals surface area contributed by atoms with Crippen LogP contribution in [0.5, 0.6) is 0 Å². The number of carbonyl (C=O) groups excluding carboxylic acids is 1. The van der Waals surface area contributed by atoms with E-state index in [1.807, 2.05) is 0 Å². The highest BCUT2D eigenvalue weighted by atomic mass is 79.9. The number of amides is 1. The summed E-state index contributed by atoms with van der Waals surface area (Å²) in [6, 6.07) is 1.58. The Morgan fingerprint density at radius 1 is 1.59 bits per heavy atom. The van der Waals surface area contributed by atoms with E-state index in [2.05, 4.69) is 31.2 Å². The van der Waals surface area contributed by atoms with Gasteiger partial charge in [0.05, 0.1) is 12.7 Å². The van der Waals surface area contributed by atoms with Crippen molar-refractivity contribution in [3.63, 3.8) is 0 Å². The maximum absolute atomic E-state index is 13.3. The molecular weight excluding hydrogens is 293 g/mol. The smallest absolute Gasteiger partial charge is 0.270 e. The molecule has 0 bridgehead atoms. The second kappa shape index (κ2) is 4.58. The number of pyridine rings is 1. The molecule has 1 amide bonds. The molecule has 0 atom stereocenters. The van der Waals surface area contributed by atoms with Crippen LogP contribution in [-0.2, 0) is 6.54 Å². The van der Waals surface area contributed by atoms with E-state index >= 15 is 0 Å². The van der Waals surface area contributed by atoms with Gasteiger partial charge in [0.2, 0.25) is 5.95 Å². The first kappa shape index (κ1) is 11.6. The molecule has 6 nitrogen and oxygen atoms in total. The van der Waals surface area contributed by atoms with E-state index in [0.29, 0.717) is 10.0 Å². The van der Waals surface area contributed by atoms with Crippen LogP contribution in [0, 0.1) is 5.95 Å². The van der Waals surface area contributed by atoms with Gasteiger partial charge in [0, 0.05) is 16.2 Å². The maximum Gasteiger partial charge on any atom is 0.270 e. The molecule has 0 spiro atoms. The fourth-order valence-electron chi connectivity index (χ4n) is 1.24. The van der Waals surface area contributed by atoms with Gasteiger partial charge in [-0.1, -0.05) is 5.21 Å². The summed E-state index contributed by atoms with van der Waals surface area (Å²) in [4.78, 5) is 14.4. The van der Waals surface area contributed by atoms with Crippen LogP contribution in [0.2, 0.25) is 0 Å². The molecule has 2 N–H and O–H groups in total. The van der Waals surface area contributed by atoms with Crippen molar-refractivity contribution in [2.75, 3.05) is 0 Å². The summed E-state index contributed by atoms with van der Waals surface area (Å²) in [5, 5.41) is 7.21. The van der Waals surface area contributed by atoms with Crippen molar-refractivity contribution in [3.8, 4) is 0 Å². The lowest BCUT2D eigenvalue weighted by atomic mass is 10.3. The number of nitrogens with zero attached hydrogens (tertiary/aromatic N) is 4. The minimum absolute atomic E-state index is 0.0355. The first-order valence-electron chi connectivity index (χ1n) is 4.56. The monoisotopic (exact) mass is 299 g/mol. The SMILES string of the molecule is NC(=O)c1cn(Cc2cc(Br)cnc2F)nn1. The van der Waals surface area contributed by atoms with E-state index in [0.717, 1.165) is 0 Å². The Hall–Kier alpha value is -1.83. The predicted octanol–water partition coefficient (Wildman–Crippen LogP) is 0.722. The van der Waals surface area contributed by atoms with Gasteiger partial charge in [-0.2, -0.15) is 4.39 Å². The number of hydrogen-bond acceptors (Lipinski definition) is 4. The quantitative estimate of drug-likeness (QED) is 0.846. The zero-order chi connectivity index (χ0) is 12.4. The molecule has 0 radical (unpaired) electrons. The second-order valence-electron chi connectivity index (χ2n) is 3.27. The Morgan fingerprint density at radius 2 is 2.35 bits per heavy atom. The molecule has 0 saturated carbocycles. The van der Waals surface area contributed by atoms with E-state index in [1.54, 1.807) is 6.07 Å². The Labute approximate surface area is 104 Å². The molecule has 0 aliphatic rings. The van der Waals surface area contributed by atoms with Crippen molar-refractivity contribution in [1.82, 2.24) is 20.0 Å². The average Bonchev–Trinajstić information content (AvgIpc) is 2.72. The Balaban J connectivity index is 2.25.